The van der Waals surface area contributed by atoms with Gasteiger partial charge in [0.25, 0.3) is 0 Å². The quantitative estimate of drug-likeness (QED) is 0.0199. The van der Waals surface area contributed by atoms with Crippen molar-refractivity contribution in [1.82, 2.24) is 52.8 Å². The number of carbonyl (C=O) groups is 14. The predicted octanol–water partition coefficient (Wildman–Crippen LogP) is 1.97. The number of nitrogens with zero attached hydrogens (tertiary/aromatic N) is 1. The molecule has 0 saturated carbocycles. The lowest BCUT2D eigenvalue weighted by atomic mass is 9.97. The molecule has 1 saturated heterocycles. The van der Waals surface area contributed by atoms with Crippen LogP contribution in [-0.4, -0.2) is 199 Å². The summed E-state index contributed by atoms with van der Waals surface area (Å²) in [6, 6.07) is -4.88. The molecule has 3 aliphatic rings. The van der Waals surface area contributed by atoms with Crippen molar-refractivity contribution < 1.29 is 97.4 Å². The number of phenols is 1. The summed E-state index contributed by atoms with van der Waals surface area (Å²) in [6.45, 7) is 12.0. The van der Waals surface area contributed by atoms with Crippen LogP contribution in [0.4, 0.5) is 0 Å². The van der Waals surface area contributed by atoms with Gasteiger partial charge >= 0.3 is 17.9 Å². The number of aliphatic carboxylic acids is 2. The van der Waals surface area contributed by atoms with Gasteiger partial charge in [-0.2, -0.15) is 0 Å². The van der Waals surface area contributed by atoms with E-state index in [-0.39, 0.29) is 62.3 Å². The van der Waals surface area contributed by atoms with Gasteiger partial charge in [-0.15, -0.1) is 0 Å². The Hall–Kier alpha value is -9.30. The summed E-state index contributed by atoms with van der Waals surface area (Å²) < 4.78 is 5.84. The maximum absolute atomic E-state index is 14.9. The largest absolute Gasteiger partial charge is 0.508 e. The van der Waals surface area contributed by atoms with Gasteiger partial charge in [-0.1, -0.05) is 136 Å². The highest BCUT2D eigenvalue weighted by molar-refractivity contribution is 6.00. The molecule has 0 spiro atoms. The highest BCUT2D eigenvalue weighted by Gasteiger charge is 2.43. The minimum atomic E-state index is -1.99. The Balaban J connectivity index is 1.77. The van der Waals surface area contributed by atoms with E-state index in [4.69, 9.17) is 16.2 Å². The molecule has 11 amide bonds. The van der Waals surface area contributed by atoms with Gasteiger partial charge in [-0.25, -0.2) is 4.79 Å². The summed E-state index contributed by atoms with van der Waals surface area (Å²) in [5.41, 5.74) is 12.1. The molecule has 1 fully saturated rings. The molecule has 18 N–H and O–H groups in total. The molecule has 0 radical (unpaired) electrons. The average molecular weight is 1510 g/mol. The van der Waals surface area contributed by atoms with Gasteiger partial charge in [0, 0.05) is 38.6 Å². The van der Waals surface area contributed by atoms with Gasteiger partial charge in [0.05, 0.1) is 18.6 Å². The number of carbonyl (C=O) groups excluding carboxylic acids is 12. The van der Waals surface area contributed by atoms with Crippen molar-refractivity contribution in [2.45, 2.75) is 282 Å². The number of aliphatic hydroxyl groups excluding tert-OH is 2. The second-order valence-electron chi connectivity index (χ2n) is 28.9. The lowest BCUT2D eigenvalue weighted by Crippen LogP contribution is -2.62. The lowest BCUT2D eigenvalue weighted by Gasteiger charge is -2.32. The molecule has 13 atom stereocenters. The van der Waals surface area contributed by atoms with Crippen LogP contribution in [0.25, 0.3) is 0 Å². The van der Waals surface area contributed by atoms with Crippen LogP contribution in [0.15, 0.2) is 48.5 Å². The molecule has 32 nitrogen and oxygen atoms in total. The number of amides is 11. The molecule has 3 heterocycles. The first-order valence-corrected chi connectivity index (χ1v) is 37.6. The lowest BCUT2D eigenvalue weighted by molar-refractivity contribution is -0.144. The van der Waals surface area contributed by atoms with Crippen molar-refractivity contribution >= 4 is 82.9 Å². The summed E-state index contributed by atoms with van der Waals surface area (Å²) in [5, 5.41) is 74.6. The Morgan fingerprint density at radius 1 is 0.589 bits per heavy atom. The fraction of sp³-hybridized carbons (Fsp3) is 0.653. The van der Waals surface area contributed by atoms with Gasteiger partial charge in [-0.05, 0) is 118 Å². The van der Waals surface area contributed by atoms with Gasteiger partial charge < -0.3 is 94.5 Å². The molecule has 3 aliphatic heterocycles. The third kappa shape index (κ3) is 32.4. The van der Waals surface area contributed by atoms with Crippen LogP contribution >= 0.6 is 0 Å². The van der Waals surface area contributed by atoms with Crippen LogP contribution in [0.2, 0.25) is 0 Å². The number of aromatic hydroxyl groups is 1. The third-order valence-corrected chi connectivity index (χ3v) is 19.1. The standard InChI is InChI=1S/C75H116N12O20/c1-8-45(6)64-75(106)107-51-30-26-48(27-31-51)41-57(82-66(97)52(22-18-38-76)79-67(98)53(33-36-61(93)94)78-60(92)42-50(90)21-17-15-13-11-9-10-12-14-16-20-43(2)3)71(102)86-65(46(7)88)73(104)81-55(34-37-62(95)96)69(100)84-63(44(4)5)74(105)87-39-19-23-58(87)72(103)80-54(32-35-59(77)91)68(99)83-56(70(101)85-64)40-47-24-28-49(89)29-25-47/h24-31,43-46,50,52-58,63-65,88-90H,8-23,32-42,76H2,1-7H3,(H2,77,91)(H,78,92)(H,79,98)(H,80,103)(H,81,104)(H,82,97)(H,83,99)(H,84,100)(H,85,101)(H,86,102)(H,93,94)(H,95,96)/t45-,46+,50+,52+,53-,54-,55-,56+,57+,58+,63-,64+,65+/m1/s1. The zero-order valence-electron chi connectivity index (χ0n) is 62.8. The number of nitrogens with one attached hydrogen (secondary N) is 9. The van der Waals surface area contributed by atoms with Crippen molar-refractivity contribution in [3.63, 3.8) is 0 Å². The Kier molecular flexibility index (Phi) is 39.3. The number of fused-ring (bicyclic) bond motifs is 23. The van der Waals surface area contributed by atoms with Crippen LogP contribution in [0.3, 0.4) is 0 Å². The van der Waals surface area contributed by atoms with Crippen molar-refractivity contribution in [1.29, 1.82) is 0 Å². The Morgan fingerprint density at radius 2 is 1.13 bits per heavy atom. The number of hydrogen-bond acceptors (Lipinski definition) is 19. The Morgan fingerprint density at radius 3 is 1.70 bits per heavy atom. The Labute approximate surface area is 625 Å². The normalized spacial score (nSPS) is 21.8. The van der Waals surface area contributed by atoms with Gasteiger partial charge in [0.2, 0.25) is 65.0 Å². The highest BCUT2D eigenvalue weighted by atomic mass is 16.5. The average Bonchev–Trinajstić information content (AvgIpc) is 1.77. The van der Waals surface area contributed by atoms with Gasteiger partial charge in [0.1, 0.15) is 71.9 Å². The fourth-order valence-corrected chi connectivity index (χ4v) is 12.5. The fourth-order valence-electron chi connectivity index (χ4n) is 12.5. The Bertz CT molecular complexity index is 3280. The number of ether oxygens (including phenoxy) is 1. The summed E-state index contributed by atoms with van der Waals surface area (Å²) >= 11 is 0. The zero-order chi connectivity index (χ0) is 79.4. The van der Waals surface area contributed by atoms with Crippen molar-refractivity contribution in [3.05, 3.63) is 59.7 Å². The molecule has 107 heavy (non-hydrogen) atoms. The molecule has 0 aliphatic carbocycles. The van der Waals surface area contributed by atoms with E-state index in [0.29, 0.717) is 30.7 Å². The molecule has 0 unspecified atom stereocenters. The first-order valence-electron chi connectivity index (χ1n) is 37.6. The maximum Gasteiger partial charge on any atom is 0.334 e. The number of phenolic OH excluding ortho intramolecular Hbond substituents is 1. The minimum absolute atomic E-state index is 0.0235. The van der Waals surface area contributed by atoms with Crippen LogP contribution in [0.1, 0.15) is 207 Å². The summed E-state index contributed by atoms with van der Waals surface area (Å²) in [6.07, 6.45) is 4.05. The summed E-state index contributed by atoms with van der Waals surface area (Å²) in [7, 11) is 0. The number of hydrogen-bond donors (Lipinski definition) is 16. The monoisotopic (exact) mass is 1500 g/mol. The van der Waals surface area contributed by atoms with Crippen molar-refractivity contribution in [2.24, 2.45) is 29.2 Å². The molecular weight excluding hydrogens is 1390 g/mol. The second kappa shape index (κ2) is 46.7. The number of esters is 1. The number of aliphatic hydroxyl groups is 2. The summed E-state index contributed by atoms with van der Waals surface area (Å²) in [5.74, 6) is -15.4. The van der Waals surface area contributed by atoms with Crippen molar-refractivity contribution in [3.8, 4) is 11.5 Å². The number of nitrogens with two attached hydrogens (primary N) is 2. The maximum atomic E-state index is 14.9. The van der Waals surface area contributed by atoms with Crippen molar-refractivity contribution in [2.75, 3.05) is 13.1 Å². The first kappa shape index (κ1) is 90.1. The number of rotatable bonds is 37. The van der Waals surface area contributed by atoms with Crippen LogP contribution in [0, 0.1) is 17.8 Å². The molecule has 2 bridgehead atoms. The van der Waals surface area contributed by atoms with Crippen LogP contribution < -0.4 is 64.1 Å². The van der Waals surface area contributed by atoms with E-state index in [2.05, 4.69) is 61.7 Å². The molecule has 5 rings (SSSR count). The van der Waals surface area contributed by atoms with E-state index in [1.54, 1.807) is 27.7 Å². The number of benzene rings is 2. The van der Waals surface area contributed by atoms with E-state index in [0.717, 1.165) is 43.9 Å². The third-order valence-electron chi connectivity index (χ3n) is 19.1. The summed E-state index contributed by atoms with van der Waals surface area (Å²) in [4.78, 5) is 196. The molecule has 32 heteroatoms. The highest BCUT2D eigenvalue weighted by Crippen LogP contribution is 2.24. The van der Waals surface area contributed by atoms with Crippen LogP contribution in [-0.2, 0) is 80.0 Å². The molecule has 2 aromatic rings. The topological polar surface area (TPSA) is 513 Å². The van der Waals surface area contributed by atoms with E-state index >= 15 is 0 Å². The SMILES string of the molecule is CC[C@@H](C)[C@@H]1NC(=O)[C@H](Cc2ccc(O)cc2)NC(=O)[C@@H](CCC(N)=O)NC(=O)[C@@H]2CCCN2C(=O)[C@@H](C(C)C)NC(=O)[C@@H](CCC(=O)O)NC(=O)[C@H]([C@H](C)O)NC(=O)[C@@H](NC(=O)[C@H](CCCN)NC(=O)[C@@H](CCC(=O)O)NC(=O)C[C@@H](O)CCCCCCCCCCCC(C)C)Cc2ccc(cc2)OC1=O. The molecular formula is C75H116N12O20. The zero-order valence-corrected chi connectivity index (χ0v) is 62.8. The van der Waals surface area contributed by atoms with E-state index < -0.39 is 219 Å². The van der Waals surface area contributed by atoms with Crippen LogP contribution in [0.5, 0.6) is 11.5 Å². The predicted molar refractivity (Wildman–Crippen MR) is 392 cm³/mol. The molecule has 2 aromatic carbocycles. The first-order chi connectivity index (χ1) is 50.7. The number of unbranched alkanes of at least 4 members (excludes halogenated alkanes) is 8. The van der Waals surface area contributed by atoms with E-state index in [1.165, 1.54) is 74.2 Å². The number of carboxylic acid groups (broad SMARTS) is 2. The molecule has 0 aromatic heterocycles. The van der Waals surface area contributed by atoms with E-state index in [9.17, 15) is 92.7 Å². The minimum Gasteiger partial charge on any atom is -0.508 e. The smallest absolute Gasteiger partial charge is 0.334 e. The molecule has 596 valence electrons. The van der Waals surface area contributed by atoms with Gasteiger partial charge in [-0.3, -0.25) is 62.3 Å². The van der Waals surface area contributed by atoms with E-state index in [1.807, 2.05) is 0 Å². The number of primary amides is 1. The van der Waals surface area contributed by atoms with Gasteiger partial charge in [0.15, 0.2) is 0 Å². The number of carboxylic acids is 2. The second-order valence-corrected chi connectivity index (χ2v) is 28.9.